The van der Waals surface area contributed by atoms with E-state index < -0.39 is 44.0 Å². The lowest BCUT2D eigenvalue weighted by Gasteiger charge is -2.25. The molecule has 14 heteroatoms. The van der Waals surface area contributed by atoms with Crippen molar-refractivity contribution in [2.45, 2.75) is 18.6 Å². The van der Waals surface area contributed by atoms with Crippen molar-refractivity contribution in [3.63, 3.8) is 0 Å². The van der Waals surface area contributed by atoms with Gasteiger partial charge >= 0.3 is 0 Å². The summed E-state index contributed by atoms with van der Waals surface area (Å²) < 4.78 is 65.2. The SMILES string of the molecule is CS(=O)(=O)O[C@@H]1Cc2c3c(cc(OCCN(CCCl)CCCl)c2[C@@H]1OS(C)(=O)=O)C(=O)c1ccccc1C3=O. The van der Waals surface area contributed by atoms with Crippen molar-refractivity contribution in [3.05, 3.63) is 63.7 Å². The van der Waals surface area contributed by atoms with Crippen molar-refractivity contribution in [2.24, 2.45) is 0 Å². The van der Waals surface area contributed by atoms with Gasteiger partial charge in [-0.3, -0.25) is 22.9 Å². The van der Waals surface area contributed by atoms with E-state index in [0.29, 0.717) is 31.4 Å². The van der Waals surface area contributed by atoms with E-state index in [1.807, 2.05) is 4.90 Å². The van der Waals surface area contributed by atoms with Crippen LogP contribution in [0.1, 0.15) is 49.1 Å². The van der Waals surface area contributed by atoms with Crippen LogP contribution in [0.5, 0.6) is 5.75 Å². The van der Waals surface area contributed by atoms with Gasteiger partial charge in [-0.25, -0.2) is 0 Å². The molecule has 0 unspecified atom stereocenters. The van der Waals surface area contributed by atoms with Crippen molar-refractivity contribution >= 4 is 55.0 Å². The number of benzene rings is 2. The van der Waals surface area contributed by atoms with Crippen LogP contribution < -0.4 is 4.74 Å². The van der Waals surface area contributed by atoms with Gasteiger partial charge in [-0.15, -0.1) is 23.2 Å². The minimum Gasteiger partial charge on any atom is -0.492 e. The van der Waals surface area contributed by atoms with Gasteiger partial charge in [0.2, 0.25) is 0 Å². The second-order valence-electron chi connectivity index (χ2n) is 9.23. The number of halogens is 2. The highest BCUT2D eigenvalue weighted by atomic mass is 35.5. The molecule has 0 aromatic heterocycles. The van der Waals surface area contributed by atoms with E-state index in [1.165, 1.54) is 12.1 Å². The standard InChI is InChI=1S/C25H27Cl2NO9S2/c1-38(31,32)36-20-13-17-21-18(23(29)15-5-3-4-6-16(15)24(21)30)14-19(22(17)25(20)37-39(2,33)34)35-12-11-28(9-7-26)10-8-27/h3-6,14,20,25H,7-13H2,1-2H3/t20-,25-/m1/s1. The Balaban J connectivity index is 1.85. The summed E-state index contributed by atoms with van der Waals surface area (Å²) in [5.41, 5.74) is 0.933. The Morgan fingerprint density at radius 3 is 2.03 bits per heavy atom. The first-order valence-corrected chi connectivity index (χ1v) is 16.7. The van der Waals surface area contributed by atoms with E-state index in [4.69, 9.17) is 36.3 Å². The molecule has 39 heavy (non-hydrogen) atoms. The summed E-state index contributed by atoms with van der Waals surface area (Å²) in [4.78, 5) is 29.1. The van der Waals surface area contributed by atoms with Crippen LogP contribution in [0.2, 0.25) is 0 Å². The fraction of sp³-hybridized carbons (Fsp3) is 0.440. The van der Waals surface area contributed by atoms with Crippen molar-refractivity contribution in [1.82, 2.24) is 4.90 Å². The molecule has 0 aliphatic heterocycles. The molecule has 0 heterocycles. The van der Waals surface area contributed by atoms with Gasteiger partial charge in [-0.2, -0.15) is 16.8 Å². The molecule has 0 saturated carbocycles. The first kappa shape index (κ1) is 29.9. The number of nitrogens with zero attached hydrogens (tertiary/aromatic N) is 1. The van der Waals surface area contributed by atoms with E-state index >= 15 is 0 Å². The average Bonchev–Trinajstić information content (AvgIpc) is 3.17. The van der Waals surface area contributed by atoms with Gasteiger partial charge in [0.1, 0.15) is 24.6 Å². The number of rotatable bonds is 12. The Bertz CT molecular complexity index is 1500. The minimum atomic E-state index is -4.12. The highest BCUT2D eigenvalue weighted by Crippen LogP contribution is 2.47. The zero-order chi connectivity index (χ0) is 28.5. The van der Waals surface area contributed by atoms with Crippen LogP contribution in [0, 0.1) is 0 Å². The summed E-state index contributed by atoms with van der Waals surface area (Å²) in [7, 11) is -8.18. The molecular formula is C25H27Cl2NO9S2. The normalized spacial score (nSPS) is 18.7. The Hall–Kier alpha value is -2.06. The maximum atomic E-state index is 13.6. The topological polar surface area (TPSA) is 133 Å². The van der Waals surface area contributed by atoms with Gasteiger partial charge in [0.05, 0.1) is 12.5 Å². The number of hydrogen-bond donors (Lipinski definition) is 0. The number of ether oxygens (including phenoxy) is 1. The summed E-state index contributed by atoms with van der Waals surface area (Å²) in [6, 6.07) is 7.74. The van der Waals surface area contributed by atoms with Gasteiger partial charge < -0.3 is 4.74 Å². The summed E-state index contributed by atoms with van der Waals surface area (Å²) in [5, 5.41) is 0. The van der Waals surface area contributed by atoms with E-state index in [-0.39, 0.29) is 52.2 Å². The van der Waals surface area contributed by atoms with E-state index in [9.17, 15) is 26.4 Å². The van der Waals surface area contributed by atoms with Gasteiger partial charge in [-0.05, 0) is 11.6 Å². The Kier molecular flexibility index (Phi) is 9.06. The second-order valence-corrected chi connectivity index (χ2v) is 13.2. The number of hydrogen-bond acceptors (Lipinski definition) is 10. The third-order valence-electron chi connectivity index (χ3n) is 6.40. The van der Waals surface area contributed by atoms with Crippen molar-refractivity contribution in [1.29, 1.82) is 0 Å². The van der Waals surface area contributed by atoms with Crippen molar-refractivity contribution in [2.75, 3.05) is 50.5 Å². The molecule has 0 N–H and O–H groups in total. The maximum absolute atomic E-state index is 13.6. The first-order chi connectivity index (χ1) is 18.3. The third-order valence-corrected chi connectivity index (χ3v) is 7.89. The monoisotopic (exact) mass is 619 g/mol. The van der Waals surface area contributed by atoms with Crippen molar-refractivity contribution in [3.8, 4) is 5.75 Å². The smallest absolute Gasteiger partial charge is 0.265 e. The van der Waals surface area contributed by atoms with Crippen LogP contribution >= 0.6 is 23.2 Å². The summed E-state index contributed by atoms with van der Waals surface area (Å²) >= 11 is 11.7. The third kappa shape index (κ3) is 6.64. The fourth-order valence-corrected chi connectivity index (χ4v) is 6.62. The molecule has 2 aromatic carbocycles. The molecule has 0 radical (unpaired) electrons. The Morgan fingerprint density at radius 1 is 0.872 bits per heavy atom. The van der Waals surface area contributed by atoms with Crippen LogP contribution in [0.15, 0.2) is 30.3 Å². The molecule has 0 amide bonds. The Morgan fingerprint density at radius 2 is 1.46 bits per heavy atom. The van der Waals surface area contributed by atoms with Gasteiger partial charge in [0.25, 0.3) is 20.2 Å². The van der Waals surface area contributed by atoms with Crippen LogP contribution in [0.25, 0.3) is 0 Å². The number of carbonyl (C=O) groups is 2. The highest BCUT2D eigenvalue weighted by molar-refractivity contribution is 7.86. The van der Waals surface area contributed by atoms with E-state index in [0.717, 1.165) is 12.5 Å². The maximum Gasteiger partial charge on any atom is 0.265 e. The molecule has 4 rings (SSSR count). The predicted molar refractivity (Wildman–Crippen MR) is 145 cm³/mol. The first-order valence-electron chi connectivity index (χ1n) is 12.0. The van der Waals surface area contributed by atoms with Gasteiger partial charge in [0.15, 0.2) is 11.6 Å². The number of fused-ring (bicyclic) bond motifs is 4. The average molecular weight is 621 g/mol. The molecule has 2 atom stereocenters. The molecular weight excluding hydrogens is 593 g/mol. The molecule has 10 nitrogen and oxygen atoms in total. The fourth-order valence-electron chi connectivity index (χ4n) is 4.93. The van der Waals surface area contributed by atoms with Crippen LogP contribution in [-0.4, -0.2) is 89.9 Å². The lowest BCUT2D eigenvalue weighted by molar-refractivity contribution is 0.0759. The molecule has 2 aliphatic carbocycles. The summed E-state index contributed by atoms with van der Waals surface area (Å²) in [6.45, 7) is 1.60. The van der Waals surface area contributed by atoms with E-state index in [1.54, 1.807) is 18.2 Å². The second kappa shape index (κ2) is 11.8. The quantitative estimate of drug-likeness (QED) is 0.220. The zero-order valence-electron chi connectivity index (χ0n) is 21.2. The Labute approximate surface area is 237 Å². The van der Waals surface area contributed by atoms with Crippen LogP contribution in [0.3, 0.4) is 0 Å². The van der Waals surface area contributed by atoms with Crippen LogP contribution in [-0.2, 0) is 35.0 Å². The lowest BCUT2D eigenvalue weighted by atomic mass is 9.80. The molecule has 0 spiro atoms. The van der Waals surface area contributed by atoms with Gasteiger partial charge in [0, 0.05) is 65.6 Å². The minimum absolute atomic E-state index is 0.0497. The lowest BCUT2D eigenvalue weighted by Crippen LogP contribution is -2.32. The molecule has 0 fully saturated rings. The summed E-state index contributed by atoms with van der Waals surface area (Å²) in [6.07, 6.45) is -1.31. The van der Waals surface area contributed by atoms with E-state index in [2.05, 4.69) is 0 Å². The summed E-state index contributed by atoms with van der Waals surface area (Å²) in [5.74, 6) is -0.0242. The van der Waals surface area contributed by atoms with Crippen LogP contribution in [0.4, 0.5) is 0 Å². The molecule has 2 aromatic rings. The van der Waals surface area contributed by atoms with Crippen molar-refractivity contribution < 1.29 is 39.5 Å². The van der Waals surface area contributed by atoms with Gasteiger partial charge in [-0.1, -0.05) is 24.3 Å². The molecule has 2 aliphatic rings. The highest BCUT2D eigenvalue weighted by Gasteiger charge is 2.46. The molecule has 0 bridgehead atoms. The predicted octanol–water partition coefficient (Wildman–Crippen LogP) is 2.54. The number of carbonyl (C=O) groups excluding carboxylic acids is 2. The molecule has 0 saturated heterocycles. The zero-order valence-corrected chi connectivity index (χ0v) is 24.3. The number of alkyl halides is 2. The number of ketones is 2. The largest absolute Gasteiger partial charge is 0.492 e. The molecule has 212 valence electrons.